The number of Topliss-reactive ketones (excluding diaryl/α,β-unsaturated/α-hetero) is 1. The Hall–Kier alpha value is -2.33. The molecule has 120 valence electrons. The Labute approximate surface area is 136 Å². The van der Waals surface area contributed by atoms with Gasteiger partial charge in [0.2, 0.25) is 0 Å². The summed E-state index contributed by atoms with van der Waals surface area (Å²) in [5.41, 5.74) is 3.35. The van der Waals surface area contributed by atoms with Crippen LogP contribution >= 0.6 is 0 Å². The van der Waals surface area contributed by atoms with E-state index in [1.165, 1.54) is 11.1 Å². The van der Waals surface area contributed by atoms with Crippen LogP contribution in [0.5, 0.6) is 5.75 Å². The van der Waals surface area contributed by atoms with Crippen LogP contribution in [0.4, 0.5) is 0 Å². The summed E-state index contributed by atoms with van der Waals surface area (Å²) in [7, 11) is 1.71. The molecule has 3 rings (SSSR count). The van der Waals surface area contributed by atoms with Gasteiger partial charge in [-0.2, -0.15) is 0 Å². The molecule has 1 aromatic rings. The van der Waals surface area contributed by atoms with Crippen molar-refractivity contribution in [1.29, 1.82) is 0 Å². The molecular weight excluding hydrogens is 288 g/mol. The Balaban J connectivity index is 1.61. The van der Waals surface area contributed by atoms with E-state index in [1.54, 1.807) is 19.5 Å². The van der Waals surface area contributed by atoms with Gasteiger partial charge in [0.25, 0.3) is 0 Å². The van der Waals surface area contributed by atoms with E-state index < -0.39 is 0 Å². The van der Waals surface area contributed by atoms with Crippen molar-refractivity contribution in [3.63, 3.8) is 0 Å². The van der Waals surface area contributed by atoms with Crippen LogP contribution in [0.25, 0.3) is 0 Å². The van der Waals surface area contributed by atoms with Crippen molar-refractivity contribution in [2.24, 2.45) is 0 Å². The van der Waals surface area contributed by atoms with Crippen LogP contribution in [-0.4, -0.2) is 25.5 Å². The topological polar surface area (TPSA) is 50.4 Å². The van der Waals surface area contributed by atoms with Crippen molar-refractivity contribution >= 4 is 5.78 Å². The summed E-state index contributed by atoms with van der Waals surface area (Å²) >= 11 is 0. The Bertz CT molecular complexity index is 660. The van der Waals surface area contributed by atoms with E-state index in [2.05, 4.69) is 16.7 Å². The van der Waals surface area contributed by atoms with Gasteiger partial charge in [0.15, 0.2) is 5.78 Å². The molecule has 0 aromatic heterocycles. The zero-order chi connectivity index (χ0) is 16.1. The number of carbonyl (C=O) groups is 1. The first-order valence-corrected chi connectivity index (χ1v) is 7.98. The first-order valence-electron chi connectivity index (χ1n) is 7.98. The Morgan fingerprint density at radius 1 is 1.39 bits per heavy atom. The SMILES string of the molecule is COc1cccc2c1CC(NCC(=O)C1=CC=CNC=C1)CC2. The van der Waals surface area contributed by atoms with Crippen LogP contribution in [0.1, 0.15) is 17.5 Å². The average Bonchev–Trinajstić information content (AvgIpc) is 2.88. The highest BCUT2D eigenvalue weighted by atomic mass is 16.5. The monoisotopic (exact) mass is 310 g/mol. The molecule has 0 spiro atoms. The summed E-state index contributed by atoms with van der Waals surface area (Å²) in [6, 6.07) is 6.53. The molecule has 4 nitrogen and oxygen atoms in total. The summed E-state index contributed by atoms with van der Waals surface area (Å²) < 4.78 is 5.47. The fourth-order valence-corrected chi connectivity index (χ4v) is 3.10. The van der Waals surface area contributed by atoms with Crippen LogP contribution in [0.2, 0.25) is 0 Å². The summed E-state index contributed by atoms with van der Waals surface area (Å²) in [5, 5.41) is 6.37. The summed E-state index contributed by atoms with van der Waals surface area (Å²) in [6.45, 7) is 0.360. The van der Waals surface area contributed by atoms with Crippen molar-refractivity contribution in [2.45, 2.75) is 25.3 Å². The molecular formula is C19H22N2O2. The second-order valence-electron chi connectivity index (χ2n) is 5.82. The number of carbonyl (C=O) groups excluding carboxylic acids is 1. The van der Waals surface area contributed by atoms with E-state index in [-0.39, 0.29) is 5.78 Å². The third-order valence-electron chi connectivity index (χ3n) is 4.36. The maximum Gasteiger partial charge on any atom is 0.176 e. The highest BCUT2D eigenvalue weighted by molar-refractivity contribution is 5.99. The van der Waals surface area contributed by atoms with Crippen LogP contribution in [0.3, 0.4) is 0 Å². The van der Waals surface area contributed by atoms with Gasteiger partial charge < -0.3 is 15.4 Å². The lowest BCUT2D eigenvalue weighted by Gasteiger charge is -2.26. The van der Waals surface area contributed by atoms with E-state index in [4.69, 9.17) is 4.74 Å². The maximum absolute atomic E-state index is 12.3. The molecule has 0 saturated carbocycles. The fourth-order valence-electron chi connectivity index (χ4n) is 3.10. The van der Waals surface area contributed by atoms with Gasteiger partial charge in [-0.15, -0.1) is 0 Å². The molecule has 1 aliphatic carbocycles. The third-order valence-corrected chi connectivity index (χ3v) is 4.36. The number of benzene rings is 1. The summed E-state index contributed by atoms with van der Waals surface area (Å²) in [5.74, 6) is 1.06. The van der Waals surface area contributed by atoms with E-state index in [9.17, 15) is 4.79 Å². The van der Waals surface area contributed by atoms with Crippen LogP contribution in [-0.2, 0) is 17.6 Å². The number of ether oxygens (including phenoxy) is 1. The molecule has 1 aromatic carbocycles. The standard InChI is InChI=1S/C19H22N2O2/c1-23-19-6-2-4-14-7-8-16(12-17(14)19)21-13-18(22)15-5-3-10-20-11-9-15/h2-6,9-11,16,20-21H,7-8,12-13H2,1H3. The number of allylic oxidation sites excluding steroid dienone is 3. The largest absolute Gasteiger partial charge is 0.496 e. The minimum absolute atomic E-state index is 0.112. The first kappa shape index (κ1) is 15.6. The molecule has 1 heterocycles. The van der Waals surface area contributed by atoms with E-state index in [0.717, 1.165) is 25.0 Å². The predicted octanol–water partition coefficient (Wildman–Crippen LogP) is 2.27. The minimum atomic E-state index is 0.112. The quantitative estimate of drug-likeness (QED) is 0.876. The number of hydrogen-bond donors (Lipinski definition) is 2. The normalized spacial score (nSPS) is 19.3. The van der Waals surface area contributed by atoms with Gasteiger partial charge >= 0.3 is 0 Å². The fraction of sp³-hybridized carbons (Fsp3) is 0.316. The van der Waals surface area contributed by atoms with E-state index in [1.807, 2.05) is 30.4 Å². The van der Waals surface area contributed by atoms with Crippen molar-refractivity contribution < 1.29 is 9.53 Å². The van der Waals surface area contributed by atoms with Gasteiger partial charge in [-0.05, 0) is 54.7 Å². The molecule has 0 amide bonds. The van der Waals surface area contributed by atoms with Gasteiger partial charge in [0, 0.05) is 24.0 Å². The number of fused-ring (bicyclic) bond motifs is 1. The van der Waals surface area contributed by atoms with Crippen LogP contribution < -0.4 is 15.4 Å². The van der Waals surface area contributed by atoms with Crippen molar-refractivity contribution in [3.8, 4) is 5.75 Å². The second-order valence-corrected chi connectivity index (χ2v) is 5.82. The molecule has 0 radical (unpaired) electrons. The average molecular weight is 310 g/mol. The summed E-state index contributed by atoms with van der Waals surface area (Å²) in [6.07, 6.45) is 12.0. The number of methoxy groups -OCH3 is 1. The van der Waals surface area contributed by atoms with Crippen molar-refractivity contribution in [3.05, 3.63) is 65.5 Å². The third kappa shape index (κ3) is 3.71. The van der Waals surface area contributed by atoms with Gasteiger partial charge in [0.05, 0.1) is 13.7 Å². The molecule has 0 saturated heterocycles. The van der Waals surface area contributed by atoms with Crippen molar-refractivity contribution in [1.82, 2.24) is 10.6 Å². The Kier molecular flexibility index (Phi) is 4.93. The molecule has 2 N–H and O–H groups in total. The zero-order valence-corrected chi connectivity index (χ0v) is 13.3. The van der Waals surface area contributed by atoms with Crippen LogP contribution in [0.15, 0.2) is 54.4 Å². The smallest absolute Gasteiger partial charge is 0.176 e. The number of aryl methyl sites for hydroxylation is 1. The van der Waals surface area contributed by atoms with Crippen molar-refractivity contribution in [2.75, 3.05) is 13.7 Å². The molecule has 0 bridgehead atoms. The minimum Gasteiger partial charge on any atom is -0.496 e. The Morgan fingerprint density at radius 2 is 2.30 bits per heavy atom. The lowest BCUT2D eigenvalue weighted by Crippen LogP contribution is -2.38. The molecule has 4 heteroatoms. The number of hydrogen-bond acceptors (Lipinski definition) is 4. The zero-order valence-electron chi connectivity index (χ0n) is 13.3. The summed E-state index contributed by atoms with van der Waals surface area (Å²) in [4.78, 5) is 12.3. The van der Waals surface area contributed by atoms with Gasteiger partial charge in [0.1, 0.15) is 5.75 Å². The highest BCUT2D eigenvalue weighted by Gasteiger charge is 2.22. The van der Waals surface area contributed by atoms with E-state index in [0.29, 0.717) is 18.2 Å². The second kappa shape index (κ2) is 7.29. The highest BCUT2D eigenvalue weighted by Crippen LogP contribution is 2.29. The molecule has 1 aliphatic heterocycles. The van der Waals surface area contributed by atoms with Gasteiger partial charge in [-0.3, -0.25) is 4.79 Å². The molecule has 2 aliphatic rings. The molecule has 23 heavy (non-hydrogen) atoms. The van der Waals surface area contributed by atoms with Gasteiger partial charge in [-0.1, -0.05) is 12.1 Å². The van der Waals surface area contributed by atoms with Crippen LogP contribution in [0, 0.1) is 0 Å². The number of rotatable bonds is 5. The molecule has 1 unspecified atom stereocenters. The van der Waals surface area contributed by atoms with E-state index >= 15 is 0 Å². The number of ketones is 1. The lowest BCUT2D eigenvalue weighted by molar-refractivity contribution is -0.114. The lowest BCUT2D eigenvalue weighted by atomic mass is 9.87. The van der Waals surface area contributed by atoms with Gasteiger partial charge in [-0.25, -0.2) is 0 Å². The Morgan fingerprint density at radius 3 is 3.17 bits per heavy atom. The molecule has 1 atom stereocenters. The maximum atomic E-state index is 12.3. The predicted molar refractivity (Wildman–Crippen MR) is 91.3 cm³/mol. The molecule has 0 fully saturated rings. The number of nitrogens with one attached hydrogen (secondary N) is 2. The first-order chi connectivity index (χ1) is 11.3.